The third-order valence-electron chi connectivity index (χ3n) is 2.75. The molecule has 0 fully saturated rings. The Bertz CT molecular complexity index is 706. The van der Waals surface area contributed by atoms with Gasteiger partial charge in [-0.05, 0) is 24.4 Å². The molecule has 3 rings (SSSR count). The number of nitrogens with zero attached hydrogens (tertiary/aromatic N) is 2. The molecule has 0 radical (unpaired) electrons. The van der Waals surface area contributed by atoms with Crippen LogP contribution in [-0.4, -0.2) is 22.9 Å². The molecule has 2 heterocycles. The quantitative estimate of drug-likeness (QED) is 0.820. The smallest absolute Gasteiger partial charge is 0.199 e. The third kappa shape index (κ3) is 2.83. The number of aryl methyl sites for hydroxylation is 1. The number of thiazole rings is 1. The van der Waals surface area contributed by atoms with E-state index >= 15 is 0 Å². The predicted molar refractivity (Wildman–Crippen MR) is 82.5 cm³/mol. The van der Waals surface area contributed by atoms with E-state index in [0.717, 1.165) is 22.0 Å². The number of hydrogen-bond acceptors (Lipinski definition) is 4. The van der Waals surface area contributed by atoms with Crippen LogP contribution >= 0.6 is 23.6 Å². The number of anilines is 1. The number of hydrogen-bond donors (Lipinski definition) is 1. The lowest BCUT2D eigenvalue weighted by molar-refractivity contribution is 0.171. The highest BCUT2D eigenvalue weighted by Crippen LogP contribution is 2.32. The number of benzene rings is 1. The zero-order valence-electron chi connectivity index (χ0n) is 10.8. The molecule has 5 nitrogen and oxygen atoms in total. The van der Waals surface area contributed by atoms with Crippen molar-refractivity contribution in [1.82, 2.24) is 4.57 Å². The van der Waals surface area contributed by atoms with Crippen LogP contribution in [0.15, 0.2) is 34.8 Å². The summed E-state index contributed by atoms with van der Waals surface area (Å²) in [6.45, 7) is 1.15. The fraction of sp³-hybridized carbons (Fsp3) is 0.231. The van der Waals surface area contributed by atoms with Gasteiger partial charge in [0.15, 0.2) is 21.4 Å². The fourth-order valence-electron chi connectivity index (χ4n) is 1.79. The molecule has 0 spiro atoms. The zero-order chi connectivity index (χ0) is 13.9. The second-order valence-corrected chi connectivity index (χ2v) is 5.46. The van der Waals surface area contributed by atoms with Gasteiger partial charge >= 0.3 is 0 Å². The van der Waals surface area contributed by atoms with E-state index in [2.05, 4.69) is 10.3 Å². The fourth-order valence-corrected chi connectivity index (χ4v) is 2.79. The van der Waals surface area contributed by atoms with Gasteiger partial charge in [0, 0.05) is 30.4 Å². The first-order chi connectivity index (χ1) is 9.72. The molecule has 1 N–H and O–H groups in total. The summed E-state index contributed by atoms with van der Waals surface area (Å²) in [7, 11) is 1.93. The van der Waals surface area contributed by atoms with Crippen LogP contribution in [0.5, 0.6) is 11.5 Å². The summed E-state index contributed by atoms with van der Waals surface area (Å²) >= 11 is 6.78. The summed E-state index contributed by atoms with van der Waals surface area (Å²) in [5, 5.41) is 5.46. The van der Waals surface area contributed by atoms with Crippen LogP contribution in [0.4, 0.5) is 5.69 Å². The molecule has 1 aliphatic rings. The molecule has 0 bridgehead atoms. The normalized spacial score (nSPS) is 14.2. The second-order valence-electron chi connectivity index (χ2n) is 4.20. The molecular weight excluding hydrogens is 294 g/mol. The summed E-state index contributed by atoms with van der Waals surface area (Å²) in [5.74, 6) is 1.49. The summed E-state index contributed by atoms with van der Waals surface area (Å²) in [6.07, 6.45) is 1.94. The van der Waals surface area contributed by atoms with E-state index in [4.69, 9.17) is 21.7 Å². The van der Waals surface area contributed by atoms with E-state index < -0.39 is 0 Å². The molecule has 104 valence electrons. The number of fused-ring (bicyclic) bond motifs is 1. The molecule has 0 amide bonds. The van der Waals surface area contributed by atoms with E-state index in [1.54, 1.807) is 0 Å². The molecule has 0 unspecified atom stereocenters. The van der Waals surface area contributed by atoms with E-state index in [1.165, 1.54) is 11.3 Å². The minimum absolute atomic E-state index is 0.416. The molecule has 1 aromatic heterocycles. The lowest BCUT2D eigenvalue weighted by Gasteiger charge is -2.18. The van der Waals surface area contributed by atoms with Gasteiger partial charge < -0.3 is 19.4 Å². The molecule has 1 aliphatic heterocycles. The SMILES string of the molecule is Cn1ccsc1=NC(=S)Nc1ccc2c(c1)OCCO2. The highest BCUT2D eigenvalue weighted by molar-refractivity contribution is 7.80. The van der Waals surface area contributed by atoms with Crippen molar-refractivity contribution in [2.45, 2.75) is 0 Å². The van der Waals surface area contributed by atoms with Crippen molar-refractivity contribution in [3.8, 4) is 11.5 Å². The minimum Gasteiger partial charge on any atom is -0.486 e. The van der Waals surface area contributed by atoms with Crippen LogP contribution in [0, 0.1) is 0 Å². The Balaban J connectivity index is 1.78. The van der Waals surface area contributed by atoms with Crippen molar-refractivity contribution in [2.75, 3.05) is 18.5 Å². The number of ether oxygens (including phenoxy) is 2. The van der Waals surface area contributed by atoms with Crippen molar-refractivity contribution in [3.05, 3.63) is 34.6 Å². The topological polar surface area (TPSA) is 47.8 Å². The van der Waals surface area contributed by atoms with E-state index in [0.29, 0.717) is 18.3 Å². The molecule has 7 heteroatoms. The Kier molecular flexibility index (Phi) is 3.70. The molecule has 2 aromatic rings. The van der Waals surface area contributed by atoms with Crippen LogP contribution in [-0.2, 0) is 7.05 Å². The second kappa shape index (κ2) is 5.64. The van der Waals surface area contributed by atoms with Gasteiger partial charge in [0.2, 0.25) is 0 Å². The molecule has 0 saturated heterocycles. The average molecular weight is 307 g/mol. The Morgan fingerprint density at radius 3 is 2.90 bits per heavy atom. The minimum atomic E-state index is 0.416. The molecule has 1 aromatic carbocycles. The monoisotopic (exact) mass is 307 g/mol. The van der Waals surface area contributed by atoms with Gasteiger partial charge in [-0.15, -0.1) is 11.3 Å². The van der Waals surface area contributed by atoms with E-state index in [1.807, 2.05) is 41.4 Å². The maximum atomic E-state index is 5.53. The third-order valence-corrected chi connectivity index (χ3v) is 3.79. The van der Waals surface area contributed by atoms with Crippen molar-refractivity contribution in [1.29, 1.82) is 0 Å². The molecular formula is C13H13N3O2S2. The number of aromatic nitrogens is 1. The van der Waals surface area contributed by atoms with Crippen LogP contribution in [0.1, 0.15) is 0 Å². The van der Waals surface area contributed by atoms with Crippen LogP contribution in [0.2, 0.25) is 0 Å². The van der Waals surface area contributed by atoms with Gasteiger partial charge in [-0.2, -0.15) is 4.99 Å². The number of rotatable bonds is 1. The lowest BCUT2D eigenvalue weighted by Crippen LogP contribution is -2.17. The highest BCUT2D eigenvalue weighted by atomic mass is 32.1. The first kappa shape index (κ1) is 13.1. The van der Waals surface area contributed by atoms with Gasteiger partial charge in [-0.1, -0.05) is 0 Å². The predicted octanol–water partition coefficient (Wildman–Crippen LogP) is 2.16. The summed E-state index contributed by atoms with van der Waals surface area (Å²) in [6, 6.07) is 5.62. The van der Waals surface area contributed by atoms with E-state index in [-0.39, 0.29) is 0 Å². The van der Waals surface area contributed by atoms with E-state index in [9.17, 15) is 0 Å². The maximum absolute atomic E-state index is 5.53. The maximum Gasteiger partial charge on any atom is 0.199 e. The van der Waals surface area contributed by atoms with Crippen LogP contribution in [0.25, 0.3) is 0 Å². The molecule has 0 aliphatic carbocycles. The number of thiocarbonyl (C=S) groups is 1. The Hall–Kier alpha value is -1.86. The molecule has 0 atom stereocenters. The molecule has 0 saturated carbocycles. The highest BCUT2D eigenvalue weighted by Gasteiger charge is 2.11. The van der Waals surface area contributed by atoms with Gasteiger partial charge in [-0.3, -0.25) is 0 Å². The van der Waals surface area contributed by atoms with Gasteiger partial charge in [0.1, 0.15) is 13.2 Å². The Morgan fingerprint density at radius 1 is 1.35 bits per heavy atom. The summed E-state index contributed by atoms with van der Waals surface area (Å²) < 4.78 is 12.9. The van der Waals surface area contributed by atoms with Crippen LogP contribution < -0.4 is 19.6 Å². The van der Waals surface area contributed by atoms with Crippen molar-refractivity contribution < 1.29 is 9.47 Å². The average Bonchev–Trinajstić information content (AvgIpc) is 2.84. The van der Waals surface area contributed by atoms with Gasteiger partial charge in [0.25, 0.3) is 0 Å². The molecule has 20 heavy (non-hydrogen) atoms. The summed E-state index contributed by atoms with van der Waals surface area (Å²) in [4.78, 5) is 5.20. The van der Waals surface area contributed by atoms with Gasteiger partial charge in [-0.25, -0.2) is 0 Å². The standard InChI is InChI=1S/C13H13N3O2S2/c1-16-4-7-20-13(16)15-12(19)14-9-2-3-10-11(8-9)18-6-5-17-10/h2-4,7-8H,5-6H2,1H3,(H,14,19). The number of nitrogens with one attached hydrogen (secondary N) is 1. The van der Waals surface area contributed by atoms with Gasteiger partial charge in [0.05, 0.1) is 0 Å². The summed E-state index contributed by atoms with van der Waals surface area (Å²) in [5.41, 5.74) is 0.835. The Labute approximate surface area is 125 Å². The first-order valence-electron chi connectivity index (χ1n) is 6.08. The first-order valence-corrected chi connectivity index (χ1v) is 7.37. The zero-order valence-corrected chi connectivity index (χ0v) is 12.5. The van der Waals surface area contributed by atoms with Crippen molar-refractivity contribution in [2.24, 2.45) is 12.0 Å². The largest absolute Gasteiger partial charge is 0.486 e. The van der Waals surface area contributed by atoms with Crippen molar-refractivity contribution >= 4 is 34.4 Å². The lowest BCUT2D eigenvalue weighted by atomic mass is 10.2. The van der Waals surface area contributed by atoms with Crippen LogP contribution in [0.3, 0.4) is 0 Å². The van der Waals surface area contributed by atoms with Crippen molar-refractivity contribution in [3.63, 3.8) is 0 Å². The Morgan fingerprint density at radius 2 is 2.15 bits per heavy atom.